The Morgan fingerprint density at radius 3 is 2.71 bits per heavy atom. The molecule has 1 saturated heterocycles. The second-order valence-corrected chi connectivity index (χ2v) is 5.80. The summed E-state index contributed by atoms with van der Waals surface area (Å²) in [5, 5.41) is 3.58. The SMILES string of the molecule is Cc1ccncc1CNc1ccccc1CN1CCCC1. The zero-order valence-electron chi connectivity index (χ0n) is 12.7. The lowest BCUT2D eigenvalue weighted by Gasteiger charge is -2.18. The minimum atomic E-state index is 0.830. The standard InChI is InChI=1S/C18H23N3/c1-15-8-9-19-12-17(15)13-20-18-7-3-2-6-16(18)14-21-10-4-5-11-21/h2-3,6-9,12,20H,4-5,10-11,13-14H2,1H3. The first-order valence-corrected chi connectivity index (χ1v) is 7.76. The van der Waals surface area contributed by atoms with Crippen LogP contribution < -0.4 is 5.32 Å². The number of rotatable bonds is 5. The molecule has 21 heavy (non-hydrogen) atoms. The van der Waals surface area contributed by atoms with E-state index in [2.05, 4.69) is 52.5 Å². The van der Waals surface area contributed by atoms with Gasteiger partial charge in [0, 0.05) is 31.2 Å². The number of aromatic nitrogens is 1. The van der Waals surface area contributed by atoms with E-state index in [4.69, 9.17) is 0 Å². The van der Waals surface area contributed by atoms with Gasteiger partial charge in [-0.3, -0.25) is 9.88 Å². The van der Waals surface area contributed by atoms with Crippen molar-refractivity contribution in [2.24, 2.45) is 0 Å². The molecule has 0 amide bonds. The summed E-state index contributed by atoms with van der Waals surface area (Å²) in [5.41, 5.74) is 5.18. The molecule has 1 fully saturated rings. The van der Waals surface area contributed by atoms with Gasteiger partial charge in [-0.1, -0.05) is 18.2 Å². The van der Waals surface area contributed by atoms with Crippen molar-refractivity contribution in [2.75, 3.05) is 18.4 Å². The predicted molar refractivity (Wildman–Crippen MR) is 87.3 cm³/mol. The molecule has 1 aromatic carbocycles. The Labute approximate surface area is 127 Å². The van der Waals surface area contributed by atoms with E-state index in [1.54, 1.807) is 0 Å². The van der Waals surface area contributed by atoms with Gasteiger partial charge in [0.05, 0.1) is 0 Å². The number of benzene rings is 1. The summed E-state index contributed by atoms with van der Waals surface area (Å²) >= 11 is 0. The molecule has 0 saturated carbocycles. The molecular formula is C18H23N3. The highest BCUT2D eigenvalue weighted by Gasteiger charge is 2.13. The summed E-state index contributed by atoms with van der Waals surface area (Å²) < 4.78 is 0. The Kier molecular flexibility index (Phi) is 4.51. The van der Waals surface area contributed by atoms with Crippen molar-refractivity contribution < 1.29 is 0 Å². The van der Waals surface area contributed by atoms with Gasteiger partial charge in [0.1, 0.15) is 0 Å². The summed E-state index contributed by atoms with van der Waals surface area (Å²) in [6.07, 6.45) is 6.47. The van der Waals surface area contributed by atoms with E-state index >= 15 is 0 Å². The average Bonchev–Trinajstić information content (AvgIpc) is 3.01. The molecule has 0 radical (unpaired) electrons. The number of hydrogen-bond acceptors (Lipinski definition) is 3. The van der Waals surface area contributed by atoms with E-state index < -0.39 is 0 Å². The Balaban J connectivity index is 1.68. The molecule has 0 aliphatic carbocycles. The first kappa shape index (κ1) is 14.1. The van der Waals surface area contributed by atoms with Crippen molar-refractivity contribution in [2.45, 2.75) is 32.9 Å². The van der Waals surface area contributed by atoms with Crippen LogP contribution in [0.5, 0.6) is 0 Å². The van der Waals surface area contributed by atoms with Crippen LogP contribution in [0.4, 0.5) is 5.69 Å². The molecule has 3 nitrogen and oxygen atoms in total. The van der Waals surface area contributed by atoms with E-state index in [0.717, 1.165) is 13.1 Å². The minimum Gasteiger partial charge on any atom is -0.381 e. The van der Waals surface area contributed by atoms with Gasteiger partial charge >= 0.3 is 0 Å². The molecule has 0 atom stereocenters. The molecule has 1 aliphatic heterocycles. The maximum absolute atomic E-state index is 4.22. The third-order valence-corrected chi connectivity index (χ3v) is 4.23. The molecule has 3 rings (SSSR count). The quantitative estimate of drug-likeness (QED) is 0.907. The third-order valence-electron chi connectivity index (χ3n) is 4.23. The average molecular weight is 281 g/mol. The largest absolute Gasteiger partial charge is 0.381 e. The predicted octanol–water partition coefficient (Wildman–Crippen LogP) is 3.60. The molecule has 110 valence electrons. The summed E-state index contributed by atoms with van der Waals surface area (Å²) in [4.78, 5) is 6.75. The zero-order chi connectivity index (χ0) is 14.5. The van der Waals surface area contributed by atoms with Gasteiger partial charge in [0.2, 0.25) is 0 Å². The van der Waals surface area contributed by atoms with Crippen molar-refractivity contribution in [1.82, 2.24) is 9.88 Å². The number of pyridine rings is 1. The van der Waals surface area contributed by atoms with Crippen LogP contribution in [0.1, 0.15) is 29.5 Å². The van der Waals surface area contributed by atoms with Crippen molar-refractivity contribution in [3.63, 3.8) is 0 Å². The number of nitrogens with one attached hydrogen (secondary N) is 1. The lowest BCUT2D eigenvalue weighted by Crippen LogP contribution is -2.19. The van der Waals surface area contributed by atoms with Crippen LogP contribution in [0.25, 0.3) is 0 Å². The highest BCUT2D eigenvalue weighted by molar-refractivity contribution is 5.51. The molecule has 2 heterocycles. The summed E-state index contributed by atoms with van der Waals surface area (Å²) in [6.45, 7) is 6.48. The Morgan fingerprint density at radius 1 is 1.10 bits per heavy atom. The molecule has 3 heteroatoms. The van der Waals surface area contributed by atoms with E-state index in [1.807, 2.05) is 12.4 Å². The maximum atomic E-state index is 4.22. The smallest absolute Gasteiger partial charge is 0.0418 e. The fourth-order valence-electron chi connectivity index (χ4n) is 2.88. The first-order valence-electron chi connectivity index (χ1n) is 7.76. The summed E-state index contributed by atoms with van der Waals surface area (Å²) in [7, 11) is 0. The lowest BCUT2D eigenvalue weighted by atomic mass is 10.1. The van der Waals surface area contributed by atoms with Crippen LogP contribution >= 0.6 is 0 Å². The van der Waals surface area contributed by atoms with Crippen LogP contribution in [-0.4, -0.2) is 23.0 Å². The van der Waals surface area contributed by atoms with Crippen LogP contribution in [-0.2, 0) is 13.1 Å². The van der Waals surface area contributed by atoms with Crippen molar-refractivity contribution in [3.8, 4) is 0 Å². The molecular weight excluding hydrogens is 258 g/mol. The zero-order valence-corrected chi connectivity index (χ0v) is 12.7. The van der Waals surface area contributed by atoms with Crippen LogP contribution in [0.2, 0.25) is 0 Å². The topological polar surface area (TPSA) is 28.2 Å². The second kappa shape index (κ2) is 6.72. The van der Waals surface area contributed by atoms with Crippen molar-refractivity contribution in [3.05, 3.63) is 59.4 Å². The van der Waals surface area contributed by atoms with Gasteiger partial charge in [0.15, 0.2) is 0 Å². The Morgan fingerprint density at radius 2 is 1.90 bits per heavy atom. The molecule has 1 N–H and O–H groups in total. The van der Waals surface area contributed by atoms with E-state index in [-0.39, 0.29) is 0 Å². The second-order valence-electron chi connectivity index (χ2n) is 5.80. The van der Waals surface area contributed by atoms with Crippen LogP contribution in [0.3, 0.4) is 0 Å². The Bertz CT molecular complexity index is 589. The fourth-order valence-corrected chi connectivity index (χ4v) is 2.88. The normalized spacial score (nSPS) is 15.3. The number of para-hydroxylation sites is 1. The third kappa shape index (κ3) is 3.61. The number of anilines is 1. The molecule has 0 spiro atoms. The summed E-state index contributed by atoms with van der Waals surface area (Å²) in [5.74, 6) is 0. The van der Waals surface area contributed by atoms with E-state index in [9.17, 15) is 0 Å². The molecule has 1 aliphatic rings. The first-order chi connectivity index (χ1) is 10.3. The number of aryl methyl sites for hydroxylation is 1. The van der Waals surface area contributed by atoms with Gasteiger partial charge in [-0.05, 0) is 61.7 Å². The lowest BCUT2D eigenvalue weighted by molar-refractivity contribution is 0.332. The van der Waals surface area contributed by atoms with E-state index in [0.29, 0.717) is 0 Å². The molecule has 0 bridgehead atoms. The van der Waals surface area contributed by atoms with Gasteiger partial charge in [-0.15, -0.1) is 0 Å². The van der Waals surface area contributed by atoms with Crippen molar-refractivity contribution in [1.29, 1.82) is 0 Å². The van der Waals surface area contributed by atoms with Gasteiger partial charge in [-0.25, -0.2) is 0 Å². The molecule has 0 unspecified atom stereocenters. The van der Waals surface area contributed by atoms with Gasteiger partial charge in [-0.2, -0.15) is 0 Å². The highest BCUT2D eigenvalue weighted by atomic mass is 15.1. The van der Waals surface area contributed by atoms with Crippen LogP contribution in [0, 0.1) is 6.92 Å². The molecule has 1 aromatic heterocycles. The fraction of sp³-hybridized carbons (Fsp3) is 0.389. The number of hydrogen-bond donors (Lipinski definition) is 1. The molecule has 2 aromatic rings. The van der Waals surface area contributed by atoms with Gasteiger partial charge in [0.25, 0.3) is 0 Å². The van der Waals surface area contributed by atoms with Crippen LogP contribution in [0.15, 0.2) is 42.7 Å². The van der Waals surface area contributed by atoms with Gasteiger partial charge < -0.3 is 5.32 Å². The maximum Gasteiger partial charge on any atom is 0.0418 e. The monoisotopic (exact) mass is 281 g/mol. The minimum absolute atomic E-state index is 0.830. The number of nitrogens with zero attached hydrogens (tertiary/aromatic N) is 2. The number of likely N-dealkylation sites (tertiary alicyclic amines) is 1. The Hall–Kier alpha value is -1.87. The van der Waals surface area contributed by atoms with Crippen molar-refractivity contribution >= 4 is 5.69 Å². The highest BCUT2D eigenvalue weighted by Crippen LogP contribution is 2.20. The summed E-state index contributed by atoms with van der Waals surface area (Å²) in [6, 6.07) is 10.7. The van der Waals surface area contributed by atoms with E-state index in [1.165, 1.54) is 48.3 Å².